The van der Waals surface area contributed by atoms with Crippen molar-refractivity contribution < 1.29 is 14.3 Å². The minimum atomic E-state index is -0.630. The van der Waals surface area contributed by atoms with Gasteiger partial charge in [-0.1, -0.05) is 19.8 Å². The lowest BCUT2D eigenvalue weighted by atomic mass is 9.86. The van der Waals surface area contributed by atoms with Gasteiger partial charge in [0.25, 0.3) is 5.91 Å². The van der Waals surface area contributed by atoms with Crippen LogP contribution in [0.15, 0.2) is 12.4 Å². The first-order valence-corrected chi connectivity index (χ1v) is 7.31. The van der Waals surface area contributed by atoms with Gasteiger partial charge in [0.2, 0.25) is 0 Å². The fourth-order valence-corrected chi connectivity index (χ4v) is 2.48. The first-order valence-electron chi connectivity index (χ1n) is 7.31. The molecule has 0 aromatic carbocycles. The van der Waals surface area contributed by atoms with E-state index in [-0.39, 0.29) is 24.2 Å². The number of rotatable bonds is 4. The van der Waals surface area contributed by atoms with Crippen LogP contribution in [0.2, 0.25) is 0 Å². The zero-order valence-corrected chi connectivity index (χ0v) is 12.5. The highest BCUT2D eigenvalue weighted by Gasteiger charge is 2.23. The first kappa shape index (κ1) is 15.4. The van der Waals surface area contributed by atoms with Crippen molar-refractivity contribution in [3.05, 3.63) is 23.8 Å². The van der Waals surface area contributed by atoms with Gasteiger partial charge in [-0.15, -0.1) is 0 Å². The van der Waals surface area contributed by atoms with Crippen LogP contribution in [0.3, 0.4) is 0 Å². The zero-order valence-electron chi connectivity index (χ0n) is 12.5. The second kappa shape index (κ2) is 7.15. The average Bonchev–Trinajstić information content (AvgIpc) is 2.48. The quantitative estimate of drug-likeness (QED) is 0.853. The predicted molar refractivity (Wildman–Crippen MR) is 76.6 cm³/mol. The molecule has 0 aliphatic heterocycles. The Kier molecular flexibility index (Phi) is 5.25. The highest BCUT2D eigenvalue weighted by molar-refractivity contribution is 5.89. The number of nitrogens with one attached hydrogen (secondary N) is 1. The molecule has 2 atom stereocenters. The lowest BCUT2D eigenvalue weighted by Crippen LogP contribution is -2.42. The standard InChI is InChI=1S/C15H21N3O3/c1-10-5-3-4-6-12(10)18-14(19)9-21-15(20)13-8-16-11(2)7-17-13/h7-8,10,12H,3-6,9H2,1-2H3,(H,18,19)/t10-,12-/m1/s1. The van der Waals surface area contributed by atoms with Gasteiger partial charge in [0, 0.05) is 12.2 Å². The van der Waals surface area contributed by atoms with Gasteiger partial charge in [-0.3, -0.25) is 9.78 Å². The molecule has 1 N–H and O–H groups in total. The van der Waals surface area contributed by atoms with Crippen molar-refractivity contribution in [1.82, 2.24) is 15.3 Å². The van der Waals surface area contributed by atoms with E-state index >= 15 is 0 Å². The van der Waals surface area contributed by atoms with Gasteiger partial charge >= 0.3 is 5.97 Å². The number of ether oxygens (including phenoxy) is 1. The van der Waals surface area contributed by atoms with Crippen molar-refractivity contribution in [2.45, 2.75) is 45.6 Å². The molecular weight excluding hydrogens is 270 g/mol. The van der Waals surface area contributed by atoms with Crippen LogP contribution < -0.4 is 5.32 Å². The van der Waals surface area contributed by atoms with Crippen LogP contribution in [0.1, 0.15) is 48.8 Å². The van der Waals surface area contributed by atoms with Crippen molar-refractivity contribution in [1.29, 1.82) is 0 Å². The highest BCUT2D eigenvalue weighted by atomic mass is 16.5. The number of carbonyl (C=O) groups excluding carboxylic acids is 2. The number of nitrogens with zero attached hydrogens (tertiary/aromatic N) is 2. The molecule has 1 amide bonds. The summed E-state index contributed by atoms with van der Waals surface area (Å²) in [6.45, 7) is 3.64. The summed E-state index contributed by atoms with van der Waals surface area (Å²) < 4.78 is 4.95. The third-order valence-corrected chi connectivity index (χ3v) is 3.78. The van der Waals surface area contributed by atoms with Crippen LogP contribution in [0, 0.1) is 12.8 Å². The summed E-state index contributed by atoms with van der Waals surface area (Å²) >= 11 is 0. The normalized spacial score (nSPS) is 21.6. The van der Waals surface area contributed by atoms with Gasteiger partial charge in [-0.05, 0) is 25.7 Å². The molecule has 1 fully saturated rings. The number of aromatic nitrogens is 2. The molecule has 0 bridgehead atoms. The smallest absolute Gasteiger partial charge is 0.359 e. The largest absolute Gasteiger partial charge is 0.451 e. The van der Waals surface area contributed by atoms with Crippen molar-refractivity contribution in [2.75, 3.05) is 6.61 Å². The lowest BCUT2D eigenvalue weighted by molar-refractivity contribution is -0.125. The Bertz CT molecular complexity index is 501. The summed E-state index contributed by atoms with van der Waals surface area (Å²) in [5.74, 6) is -0.419. The average molecular weight is 291 g/mol. The van der Waals surface area contributed by atoms with Crippen LogP contribution in [-0.4, -0.2) is 34.5 Å². The fraction of sp³-hybridized carbons (Fsp3) is 0.600. The van der Waals surface area contributed by atoms with Crippen LogP contribution in [0.5, 0.6) is 0 Å². The SMILES string of the molecule is Cc1cnc(C(=O)OCC(=O)N[C@@H]2CCCC[C@H]2C)cn1. The Hall–Kier alpha value is -1.98. The van der Waals surface area contributed by atoms with Gasteiger partial charge in [0.05, 0.1) is 11.9 Å². The van der Waals surface area contributed by atoms with E-state index in [0.29, 0.717) is 5.92 Å². The number of esters is 1. The molecule has 0 saturated heterocycles. The minimum Gasteiger partial charge on any atom is -0.451 e. The van der Waals surface area contributed by atoms with Crippen LogP contribution in [-0.2, 0) is 9.53 Å². The summed E-state index contributed by atoms with van der Waals surface area (Å²) in [6.07, 6.45) is 7.30. The van der Waals surface area contributed by atoms with Crippen molar-refractivity contribution in [2.24, 2.45) is 5.92 Å². The molecule has 2 rings (SSSR count). The van der Waals surface area contributed by atoms with Crippen LogP contribution >= 0.6 is 0 Å². The number of hydrogen-bond donors (Lipinski definition) is 1. The van der Waals surface area contributed by atoms with Gasteiger partial charge in [-0.2, -0.15) is 0 Å². The van der Waals surface area contributed by atoms with Crippen molar-refractivity contribution >= 4 is 11.9 Å². The van der Waals surface area contributed by atoms with E-state index in [4.69, 9.17) is 4.74 Å². The molecule has 21 heavy (non-hydrogen) atoms. The number of aryl methyl sites for hydroxylation is 1. The van der Waals surface area contributed by atoms with E-state index in [1.165, 1.54) is 18.8 Å². The number of hydrogen-bond acceptors (Lipinski definition) is 5. The minimum absolute atomic E-state index is 0.111. The highest BCUT2D eigenvalue weighted by Crippen LogP contribution is 2.23. The molecular formula is C15H21N3O3. The maximum Gasteiger partial charge on any atom is 0.359 e. The Balaban J connectivity index is 1.78. The summed E-state index contributed by atoms with van der Waals surface area (Å²) in [4.78, 5) is 31.4. The monoisotopic (exact) mass is 291 g/mol. The van der Waals surface area contributed by atoms with Crippen LogP contribution in [0.25, 0.3) is 0 Å². The second-order valence-corrected chi connectivity index (χ2v) is 5.55. The van der Waals surface area contributed by atoms with Crippen molar-refractivity contribution in [3.8, 4) is 0 Å². The first-order chi connectivity index (χ1) is 10.1. The molecule has 1 aliphatic rings. The zero-order chi connectivity index (χ0) is 15.2. The molecule has 0 unspecified atom stereocenters. The summed E-state index contributed by atoms with van der Waals surface area (Å²) in [5, 5.41) is 2.93. The molecule has 1 aliphatic carbocycles. The third kappa shape index (κ3) is 4.51. The molecule has 6 nitrogen and oxygen atoms in total. The predicted octanol–water partition coefficient (Wildman–Crippen LogP) is 1.64. The molecule has 6 heteroatoms. The number of amides is 1. The molecule has 114 valence electrons. The van der Waals surface area contributed by atoms with Crippen LogP contribution in [0.4, 0.5) is 0 Å². The molecule has 1 aromatic rings. The lowest BCUT2D eigenvalue weighted by Gasteiger charge is -2.29. The van der Waals surface area contributed by atoms with E-state index in [1.807, 2.05) is 0 Å². The fourth-order valence-electron chi connectivity index (χ4n) is 2.48. The molecule has 1 saturated carbocycles. The van der Waals surface area contributed by atoms with Gasteiger partial charge in [0.15, 0.2) is 12.3 Å². The molecule has 1 heterocycles. The molecule has 1 aromatic heterocycles. The Morgan fingerprint density at radius 2 is 2.05 bits per heavy atom. The Labute approximate surface area is 124 Å². The second-order valence-electron chi connectivity index (χ2n) is 5.55. The Morgan fingerprint density at radius 1 is 1.29 bits per heavy atom. The maximum absolute atomic E-state index is 11.8. The van der Waals surface area contributed by atoms with E-state index in [1.54, 1.807) is 6.92 Å². The van der Waals surface area contributed by atoms with Gasteiger partial charge in [0.1, 0.15) is 0 Å². The summed E-state index contributed by atoms with van der Waals surface area (Å²) in [5.41, 5.74) is 0.829. The topological polar surface area (TPSA) is 81.2 Å². The van der Waals surface area contributed by atoms with E-state index in [0.717, 1.165) is 25.0 Å². The van der Waals surface area contributed by atoms with Crippen molar-refractivity contribution in [3.63, 3.8) is 0 Å². The molecule has 0 spiro atoms. The summed E-state index contributed by atoms with van der Waals surface area (Å²) in [6, 6.07) is 0.184. The van der Waals surface area contributed by atoms with E-state index < -0.39 is 5.97 Å². The summed E-state index contributed by atoms with van der Waals surface area (Å²) in [7, 11) is 0. The van der Waals surface area contributed by atoms with E-state index in [2.05, 4.69) is 22.2 Å². The maximum atomic E-state index is 11.8. The third-order valence-electron chi connectivity index (χ3n) is 3.78. The van der Waals surface area contributed by atoms with E-state index in [9.17, 15) is 9.59 Å². The van der Waals surface area contributed by atoms with Gasteiger partial charge in [-0.25, -0.2) is 9.78 Å². The molecule has 0 radical (unpaired) electrons. The van der Waals surface area contributed by atoms with Gasteiger partial charge < -0.3 is 10.1 Å². The number of carbonyl (C=O) groups is 2. The Morgan fingerprint density at radius 3 is 2.71 bits per heavy atom.